The van der Waals surface area contributed by atoms with Crippen molar-refractivity contribution in [3.8, 4) is 50.9 Å². The molecule has 10 rings (SSSR count). The van der Waals surface area contributed by atoms with Crippen molar-refractivity contribution < 1.29 is 44.1 Å². The number of pyridine rings is 1. The van der Waals surface area contributed by atoms with Gasteiger partial charge < -0.3 is 13.9 Å². The monoisotopic (exact) mass is 1050 g/mol. The summed E-state index contributed by atoms with van der Waals surface area (Å²) in [6.07, 6.45) is 5.47. The fraction of sp³-hybridized carbons (Fsp3) is 0.200. The molecule has 0 unspecified atom stereocenters. The van der Waals surface area contributed by atoms with E-state index in [0.717, 1.165) is 50.0 Å². The molecule has 7 aromatic carbocycles. The molecule has 0 saturated heterocycles. The average Bonchev–Trinajstić information content (AvgIpc) is 3.91. The maximum atomic E-state index is 8.96. The van der Waals surface area contributed by atoms with Crippen LogP contribution in [-0.2, 0) is 37.3 Å². The Morgan fingerprint density at radius 2 is 1.23 bits per heavy atom. The summed E-state index contributed by atoms with van der Waals surface area (Å²) in [4.78, 5) is 4.83. The summed E-state index contributed by atoms with van der Waals surface area (Å²) in [6.45, 7) is 18.9. The van der Waals surface area contributed by atoms with Crippen LogP contribution in [0.25, 0.3) is 72.3 Å². The molecule has 0 spiro atoms. The van der Waals surface area contributed by atoms with Crippen LogP contribution in [0.15, 0.2) is 164 Å². The number of para-hydroxylation sites is 1. The van der Waals surface area contributed by atoms with Gasteiger partial charge >= 0.3 is 0 Å². The molecule has 332 valence electrons. The summed E-state index contributed by atoms with van der Waals surface area (Å²) in [5.41, 5.74) is 6.70. The number of nitrogens with zero attached hydrogens (tertiary/aromatic N) is 4. The Hall–Kier alpha value is -6.55. The molecule has 0 N–H and O–H groups in total. The first-order chi connectivity index (χ1) is 35.3. The second kappa shape index (κ2) is 17.0. The van der Waals surface area contributed by atoms with E-state index in [1.807, 2.05) is 76.0 Å². The fourth-order valence-corrected chi connectivity index (χ4v) is 8.48. The normalized spacial score (nSPS) is 14.3. The number of benzene rings is 7. The SMILES string of the molecule is [2H]c1c([2H])c([2H])c(-c2cc(C(C)(C)C)c(-[n+]3[c-]n(-c4[c-]c(Oc5[c-]c6c(cc5)c5ccccc5n6-c5cc(C(C)(C)C)ccn5)ccc4)c4cc(-c5c([2H])c([2H])c([2H])c([2H])c5[2H])ccc43)c(C(C)(C)C)c2)c([2H])c1[2H].[Pt]. The van der Waals surface area contributed by atoms with E-state index in [4.69, 9.17) is 23.4 Å². The molecule has 0 saturated carbocycles. The minimum absolute atomic E-state index is 0. The molecular weight excluding hydrogens is 988 g/mol. The fourth-order valence-electron chi connectivity index (χ4n) is 8.48. The van der Waals surface area contributed by atoms with Gasteiger partial charge in [0, 0.05) is 44.3 Å². The van der Waals surface area contributed by atoms with E-state index in [9.17, 15) is 0 Å². The van der Waals surface area contributed by atoms with Crippen LogP contribution in [0.2, 0.25) is 0 Å². The summed E-state index contributed by atoms with van der Waals surface area (Å²) < 4.78 is 99.0. The molecular formula is C60H54N4OPt-2. The molecule has 0 aliphatic heterocycles. The van der Waals surface area contributed by atoms with E-state index in [2.05, 4.69) is 104 Å². The first-order valence-corrected chi connectivity index (χ1v) is 21.7. The topological polar surface area (TPSA) is 35.9 Å². The van der Waals surface area contributed by atoms with Gasteiger partial charge in [-0.25, -0.2) is 4.98 Å². The second-order valence-electron chi connectivity index (χ2n) is 19.5. The first-order valence-electron chi connectivity index (χ1n) is 26.7. The van der Waals surface area contributed by atoms with Gasteiger partial charge in [0.2, 0.25) is 0 Å². The molecule has 66 heavy (non-hydrogen) atoms. The zero-order valence-electron chi connectivity index (χ0n) is 48.3. The molecule has 0 bridgehead atoms. The van der Waals surface area contributed by atoms with E-state index in [-0.39, 0.29) is 61.8 Å². The van der Waals surface area contributed by atoms with E-state index >= 15 is 0 Å². The quantitative estimate of drug-likeness (QED) is 0.118. The van der Waals surface area contributed by atoms with Gasteiger partial charge in [-0.05, 0) is 90.5 Å². The van der Waals surface area contributed by atoms with Crippen molar-refractivity contribution in [3.63, 3.8) is 0 Å². The molecule has 0 amide bonds. The number of imidazole rings is 1. The minimum Gasteiger partial charge on any atom is -0.510 e. The van der Waals surface area contributed by atoms with Gasteiger partial charge in [-0.3, -0.25) is 4.57 Å². The summed E-state index contributed by atoms with van der Waals surface area (Å²) in [7, 11) is 0. The third kappa shape index (κ3) is 8.31. The number of rotatable bonds is 7. The Kier molecular flexibility index (Phi) is 8.73. The number of ether oxygens (including phenoxy) is 1. The van der Waals surface area contributed by atoms with Gasteiger partial charge in [0.05, 0.1) is 30.4 Å². The molecule has 6 heteroatoms. The predicted molar refractivity (Wildman–Crippen MR) is 267 cm³/mol. The van der Waals surface area contributed by atoms with E-state index in [0.29, 0.717) is 39.3 Å². The van der Waals surface area contributed by atoms with Crippen molar-refractivity contribution >= 4 is 32.8 Å². The molecule has 3 heterocycles. The Morgan fingerprint density at radius 1 is 0.576 bits per heavy atom. The molecule has 0 fully saturated rings. The summed E-state index contributed by atoms with van der Waals surface area (Å²) in [5, 5.41) is 2.03. The number of fused-ring (bicyclic) bond motifs is 4. The van der Waals surface area contributed by atoms with Crippen molar-refractivity contribution in [2.45, 2.75) is 78.6 Å². The van der Waals surface area contributed by atoms with Crippen molar-refractivity contribution in [2.24, 2.45) is 0 Å². The average molecular weight is 1050 g/mol. The zero-order valence-corrected chi connectivity index (χ0v) is 40.6. The van der Waals surface area contributed by atoms with Crippen molar-refractivity contribution in [3.05, 3.63) is 199 Å². The largest absolute Gasteiger partial charge is 0.510 e. The zero-order chi connectivity index (χ0) is 54.0. The Labute approximate surface area is 417 Å². The number of hydrogen-bond donors (Lipinski definition) is 0. The number of hydrogen-bond acceptors (Lipinski definition) is 2. The van der Waals surface area contributed by atoms with Gasteiger partial charge in [0.1, 0.15) is 5.82 Å². The molecule has 0 aliphatic rings. The van der Waals surface area contributed by atoms with Gasteiger partial charge in [0.25, 0.3) is 6.33 Å². The standard InChI is InChI=1S/C60H54N4O.Pt/c1-58(2,3)44-31-32-61-56(36-44)64-52-26-17-16-25-48(52)49-29-28-47(38-54(49)64)65-46-24-18-23-45(37-46)62-39-63(53-30-27-42(35-55(53)62)40-19-12-10-13-20-40)57-50(59(4,5)6)33-43(34-51(57)60(7,8)9)41-21-14-11-15-22-41;/h10-36H,1-9H3;/q-2;/i10D,11D,12D,13D,14D,15D,19D,20D,21D,22D;. The van der Waals surface area contributed by atoms with Crippen LogP contribution in [0.4, 0.5) is 0 Å². The van der Waals surface area contributed by atoms with Gasteiger partial charge in [-0.2, -0.15) is 18.2 Å². The van der Waals surface area contributed by atoms with Crippen LogP contribution in [0.1, 0.15) is 92.7 Å². The third-order valence-corrected chi connectivity index (χ3v) is 11.8. The van der Waals surface area contributed by atoms with Crippen LogP contribution >= 0.6 is 0 Å². The molecule has 0 atom stereocenters. The summed E-state index contributed by atoms with van der Waals surface area (Å²) in [5.74, 6) is 1.57. The van der Waals surface area contributed by atoms with Gasteiger partial charge in [-0.1, -0.05) is 171 Å². The molecule has 5 nitrogen and oxygen atoms in total. The van der Waals surface area contributed by atoms with Crippen LogP contribution in [-0.4, -0.2) is 14.1 Å². The van der Waals surface area contributed by atoms with Crippen LogP contribution < -0.4 is 9.30 Å². The van der Waals surface area contributed by atoms with Crippen LogP contribution in [0.3, 0.4) is 0 Å². The first kappa shape index (κ1) is 33.9. The Morgan fingerprint density at radius 3 is 1.89 bits per heavy atom. The van der Waals surface area contributed by atoms with E-state index in [1.54, 1.807) is 18.2 Å². The van der Waals surface area contributed by atoms with Crippen molar-refractivity contribution in [1.82, 2.24) is 14.1 Å². The van der Waals surface area contributed by atoms with Crippen LogP contribution in [0.5, 0.6) is 11.5 Å². The predicted octanol–water partition coefficient (Wildman–Crippen LogP) is 14.8. The maximum Gasteiger partial charge on any atom is 0.268 e. The van der Waals surface area contributed by atoms with E-state index in [1.165, 1.54) is 0 Å². The van der Waals surface area contributed by atoms with Gasteiger partial charge in [-0.15, -0.1) is 29.7 Å². The third-order valence-electron chi connectivity index (χ3n) is 11.8. The van der Waals surface area contributed by atoms with Crippen molar-refractivity contribution in [2.75, 3.05) is 0 Å². The van der Waals surface area contributed by atoms with E-state index < -0.39 is 47.1 Å². The van der Waals surface area contributed by atoms with Crippen molar-refractivity contribution in [1.29, 1.82) is 0 Å². The summed E-state index contributed by atoms with van der Waals surface area (Å²) >= 11 is 0. The molecule has 0 radical (unpaired) electrons. The Balaban J connectivity index is 0.00000706. The molecule has 10 aromatic rings. The maximum absolute atomic E-state index is 8.96. The second-order valence-corrected chi connectivity index (χ2v) is 19.5. The summed E-state index contributed by atoms with van der Waals surface area (Å²) in [6, 6.07) is 34.0. The van der Waals surface area contributed by atoms with Crippen LogP contribution in [0, 0.1) is 18.5 Å². The number of aromatic nitrogens is 4. The smallest absolute Gasteiger partial charge is 0.268 e. The Bertz CT molecular complexity index is 3920. The van der Waals surface area contributed by atoms with Gasteiger partial charge in [0.15, 0.2) is 0 Å². The molecule has 3 aromatic heterocycles. The molecule has 0 aliphatic carbocycles. The minimum atomic E-state index is -0.587.